The third-order valence-electron chi connectivity index (χ3n) is 3.75. The molecule has 0 unspecified atom stereocenters. The maximum Gasteiger partial charge on any atom is 0.337 e. The number of hydrogen-bond acceptors (Lipinski definition) is 3. The number of benzene rings is 3. The Labute approximate surface area is 136 Å². The Kier molecular flexibility index (Phi) is 3.97. The summed E-state index contributed by atoms with van der Waals surface area (Å²) >= 11 is 0. The Morgan fingerprint density at radius 2 is 1.92 bits per heavy atom. The number of carbonyl (C=O) groups is 1. The molecule has 5 heteroatoms. The number of halogens is 2. The van der Waals surface area contributed by atoms with Gasteiger partial charge in [0.15, 0.2) is 0 Å². The quantitative estimate of drug-likeness (QED) is 0.655. The number of nitrogens with zero attached hydrogens (tertiary/aromatic N) is 1. The number of carbonyl (C=O) groups excluding carboxylic acids is 1. The Bertz CT molecular complexity index is 1010. The highest BCUT2D eigenvalue weighted by Crippen LogP contribution is 2.34. The van der Waals surface area contributed by atoms with Gasteiger partial charge in [-0.15, -0.1) is 0 Å². The molecule has 0 radical (unpaired) electrons. The lowest BCUT2D eigenvalue weighted by Crippen LogP contribution is -2.01. The van der Waals surface area contributed by atoms with Crippen LogP contribution in [0.5, 0.6) is 0 Å². The van der Waals surface area contributed by atoms with E-state index in [1.54, 1.807) is 36.4 Å². The second-order valence-electron chi connectivity index (χ2n) is 5.16. The van der Waals surface area contributed by atoms with Gasteiger partial charge < -0.3 is 4.74 Å². The van der Waals surface area contributed by atoms with Crippen LogP contribution < -0.4 is 0 Å². The fourth-order valence-corrected chi connectivity index (χ4v) is 2.67. The van der Waals surface area contributed by atoms with E-state index in [1.807, 2.05) is 6.07 Å². The highest BCUT2D eigenvalue weighted by molar-refractivity contribution is 6.02. The van der Waals surface area contributed by atoms with Crippen LogP contribution in [-0.2, 0) is 4.74 Å². The number of nitriles is 1. The van der Waals surface area contributed by atoms with Gasteiger partial charge in [0, 0.05) is 11.6 Å². The van der Waals surface area contributed by atoms with Gasteiger partial charge in [0.05, 0.1) is 24.3 Å². The average molecular weight is 323 g/mol. The largest absolute Gasteiger partial charge is 0.465 e. The molecule has 0 aromatic heterocycles. The number of esters is 1. The van der Waals surface area contributed by atoms with Gasteiger partial charge in [0.2, 0.25) is 0 Å². The van der Waals surface area contributed by atoms with Crippen LogP contribution >= 0.6 is 0 Å². The molecule has 0 aliphatic carbocycles. The molecule has 3 nitrogen and oxygen atoms in total. The predicted molar refractivity (Wildman–Crippen MR) is 85.4 cm³/mol. The fourth-order valence-electron chi connectivity index (χ4n) is 2.67. The van der Waals surface area contributed by atoms with Crippen molar-refractivity contribution < 1.29 is 18.3 Å². The molecule has 0 saturated heterocycles. The lowest BCUT2D eigenvalue weighted by atomic mass is 9.93. The van der Waals surface area contributed by atoms with Crippen molar-refractivity contribution in [1.82, 2.24) is 0 Å². The van der Waals surface area contributed by atoms with Crippen molar-refractivity contribution in [3.05, 3.63) is 71.3 Å². The standard InChI is InChI=1S/C19H11F2NO2/c1-24-19(23)12-6-5-11-3-2-4-15(16(11)8-12)18-13(10-22)7-14(20)9-17(18)21/h2-9H,1H3. The summed E-state index contributed by atoms with van der Waals surface area (Å²) in [7, 11) is 1.27. The lowest BCUT2D eigenvalue weighted by molar-refractivity contribution is 0.0601. The molecule has 3 rings (SSSR count). The van der Waals surface area contributed by atoms with E-state index < -0.39 is 17.6 Å². The van der Waals surface area contributed by atoms with Crippen LogP contribution in [0.1, 0.15) is 15.9 Å². The first kappa shape index (κ1) is 15.6. The zero-order valence-corrected chi connectivity index (χ0v) is 12.6. The Balaban J connectivity index is 2.35. The van der Waals surface area contributed by atoms with Gasteiger partial charge in [0.25, 0.3) is 0 Å². The molecule has 0 atom stereocenters. The first-order chi connectivity index (χ1) is 11.5. The highest BCUT2D eigenvalue weighted by Gasteiger charge is 2.17. The van der Waals surface area contributed by atoms with Crippen molar-refractivity contribution in [3.63, 3.8) is 0 Å². The minimum Gasteiger partial charge on any atom is -0.465 e. The average Bonchev–Trinajstić information content (AvgIpc) is 2.59. The monoisotopic (exact) mass is 323 g/mol. The number of methoxy groups -OCH3 is 1. The molecule has 0 saturated carbocycles. The van der Waals surface area contributed by atoms with Crippen LogP contribution in [0, 0.1) is 23.0 Å². The zero-order valence-electron chi connectivity index (χ0n) is 12.6. The molecule has 3 aromatic carbocycles. The Morgan fingerprint density at radius 1 is 1.12 bits per heavy atom. The first-order valence-electron chi connectivity index (χ1n) is 7.05. The molecule has 0 amide bonds. The van der Waals surface area contributed by atoms with Crippen LogP contribution in [-0.4, -0.2) is 13.1 Å². The van der Waals surface area contributed by atoms with Gasteiger partial charge in [-0.1, -0.05) is 24.3 Å². The summed E-state index contributed by atoms with van der Waals surface area (Å²) in [6.45, 7) is 0. The summed E-state index contributed by atoms with van der Waals surface area (Å²) < 4.78 is 32.4. The molecule has 0 fully saturated rings. The van der Waals surface area contributed by atoms with E-state index in [0.29, 0.717) is 16.5 Å². The summed E-state index contributed by atoms with van der Waals surface area (Å²) in [6.07, 6.45) is 0. The van der Waals surface area contributed by atoms with Crippen LogP contribution in [0.25, 0.3) is 21.9 Å². The van der Waals surface area contributed by atoms with Gasteiger partial charge in [-0.3, -0.25) is 0 Å². The highest BCUT2D eigenvalue weighted by atomic mass is 19.1. The number of ether oxygens (including phenoxy) is 1. The molecule has 3 aromatic rings. The summed E-state index contributed by atoms with van der Waals surface area (Å²) in [6, 6.07) is 13.6. The van der Waals surface area contributed by atoms with Gasteiger partial charge >= 0.3 is 5.97 Å². The maximum absolute atomic E-state index is 14.4. The van der Waals surface area contributed by atoms with Crippen LogP contribution in [0.2, 0.25) is 0 Å². The molecule has 0 N–H and O–H groups in total. The van der Waals surface area contributed by atoms with E-state index in [-0.39, 0.29) is 11.1 Å². The fraction of sp³-hybridized carbons (Fsp3) is 0.0526. The molecule has 0 aliphatic rings. The SMILES string of the molecule is COC(=O)c1ccc2cccc(-c3c(F)cc(F)cc3C#N)c2c1. The van der Waals surface area contributed by atoms with Gasteiger partial charge in [-0.2, -0.15) is 5.26 Å². The van der Waals surface area contributed by atoms with Crippen molar-refractivity contribution in [1.29, 1.82) is 5.26 Å². The van der Waals surface area contributed by atoms with Crippen molar-refractivity contribution in [2.75, 3.05) is 7.11 Å². The van der Waals surface area contributed by atoms with Crippen LogP contribution in [0.15, 0.2) is 48.5 Å². The third-order valence-corrected chi connectivity index (χ3v) is 3.75. The zero-order chi connectivity index (χ0) is 17.3. The van der Waals surface area contributed by atoms with Crippen molar-refractivity contribution in [3.8, 4) is 17.2 Å². The third kappa shape index (κ3) is 2.59. The van der Waals surface area contributed by atoms with Gasteiger partial charge in [-0.05, 0) is 34.5 Å². The maximum atomic E-state index is 14.4. The van der Waals surface area contributed by atoms with E-state index in [2.05, 4.69) is 0 Å². The second-order valence-corrected chi connectivity index (χ2v) is 5.16. The second kappa shape index (κ2) is 6.09. The van der Waals surface area contributed by atoms with Gasteiger partial charge in [0.1, 0.15) is 11.6 Å². The van der Waals surface area contributed by atoms with Crippen molar-refractivity contribution in [2.45, 2.75) is 0 Å². The topological polar surface area (TPSA) is 50.1 Å². The van der Waals surface area contributed by atoms with E-state index in [0.717, 1.165) is 17.5 Å². The van der Waals surface area contributed by atoms with Crippen molar-refractivity contribution >= 4 is 16.7 Å². The molecule has 0 aliphatic heterocycles. The number of rotatable bonds is 2. The van der Waals surface area contributed by atoms with Crippen molar-refractivity contribution in [2.24, 2.45) is 0 Å². The molecule has 0 spiro atoms. The molecule has 118 valence electrons. The Morgan fingerprint density at radius 3 is 2.62 bits per heavy atom. The number of hydrogen-bond donors (Lipinski definition) is 0. The number of fused-ring (bicyclic) bond motifs is 1. The summed E-state index contributed by atoms with van der Waals surface area (Å²) in [5, 5.41) is 10.6. The van der Waals surface area contributed by atoms with E-state index in [9.17, 15) is 18.8 Å². The van der Waals surface area contributed by atoms with E-state index in [4.69, 9.17) is 4.74 Å². The van der Waals surface area contributed by atoms with Crippen LogP contribution in [0.3, 0.4) is 0 Å². The minimum atomic E-state index is -0.831. The van der Waals surface area contributed by atoms with E-state index >= 15 is 0 Å². The Hall–Kier alpha value is -3.26. The smallest absolute Gasteiger partial charge is 0.337 e. The molecule has 0 bridgehead atoms. The first-order valence-corrected chi connectivity index (χ1v) is 7.05. The van der Waals surface area contributed by atoms with Crippen LogP contribution in [0.4, 0.5) is 8.78 Å². The predicted octanol–water partition coefficient (Wildman–Crippen LogP) is 4.44. The lowest BCUT2D eigenvalue weighted by Gasteiger charge is -2.11. The van der Waals surface area contributed by atoms with Gasteiger partial charge in [-0.25, -0.2) is 13.6 Å². The molecular formula is C19H11F2NO2. The normalized spacial score (nSPS) is 10.4. The summed E-state index contributed by atoms with van der Waals surface area (Å²) in [5.74, 6) is -2.17. The molecule has 24 heavy (non-hydrogen) atoms. The summed E-state index contributed by atoms with van der Waals surface area (Å²) in [4.78, 5) is 11.7. The molecular weight excluding hydrogens is 312 g/mol. The molecule has 0 heterocycles. The minimum absolute atomic E-state index is 0.00603. The van der Waals surface area contributed by atoms with E-state index in [1.165, 1.54) is 7.11 Å². The summed E-state index contributed by atoms with van der Waals surface area (Å²) in [5.41, 5.74) is 0.612.